The van der Waals surface area contributed by atoms with Crippen molar-refractivity contribution in [3.63, 3.8) is 0 Å². The largest absolute Gasteiger partial charge is 0.293 e. The third kappa shape index (κ3) is 2.69. The van der Waals surface area contributed by atoms with Crippen LogP contribution in [0.1, 0.15) is 15.2 Å². The smallest absolute Gasteiger partial charge is 0.177 e. The average Bonchev–Trinajstić information content (AvgIpc) is 2.87. The van der Waals surface area contributed by atoms with E-state index < -0.39 is 11.6 Å². The number of halogens is 3. The summed E-state index contributed by atoms with van der Waals surface area (Å²) in [6.45, 7) is 0. The molecule has 0 fully saturated rings. The number of ketones is 1. The molecule has 1 heterocycles. The topological polar surface area (TPSA) is 17.1 Å². The second-order valence-electron chi connectivity index (χ2n) is 4.61. The molecule has 0 bridgehead atoms. The van der Waals surface area contributed by atoms with Crippen LogP contribution in [0.15, 0.2) is 42.5 Å². The first-order chi connectivity index (χ1) is 10.0. The Bertz CT molecular complexity index is 839. The van der Waals surface area contributed by atoms with Crippen molar-refractivity contribution in [2.24, 2.45) is 0 Å². The van der Waals surface area contributed by atoms with Crippen molar-refractivity contribution in [2.75, 3.05) is 0 Å². The van der Waals surface area contributed by atoms with Gasteiger partial charge in [-0.2, -0.15) is 0 Å². The van der Waals surface area contributed by atoms with Crippen LogP contribution < -0.4 is 0 Å². The summed E-state index contributed by atoms with van der Waals surface area (Å²) in [6.07, 6.45) is -0.223. The minimum atomic E-state index is -1.00. The lowest BCUT2D eigenvalue weighted by Gasteiger charge is -2.01. The minimum Gasteiger partial charge on any atom is -0.293 e. The van der Waals surface area contributed by atoms with E-state index in [2.05, 4.69) is 0 Å². The number of rotatable bonds is 3. The number of hydrogen-bond donors (Lipinski definition) is 0. The predicted molar refractivity (Wildman–Crippen MR) is 76.2 cm³/mol. The Morgan fingerprint density at radius 2 is 1.86 bits per heavy atom. The van der Waals surface area contributed by atoms with Crippen LogP contribution in [0.4, 0.5) is 13.2 Å². The third-order valence-electron chi connectivity index (χ3n) is 3.14. The number of thiophene rings is 1. The predicted octanol–water partition coefficient (Wildman–Crippen LogP) is 4.74. The van der Waals surface area contributed by atoms with Gasteiger partial charge in [0.05, 0.1) is 4.88 Å². The van der Waals surface area contributed by atoms with Crippen molar-refractivity contribution in [1.82, 2.24) is 0 Å². The molecular weight excluding hydrogens is 297 g/mol. The molecule has 21 heavy (non-hydrogen) atoms. The molecule has 5 heteroatoms. The summed E-state index contributed by atoms with van der Waals surface area (Å²) in [5.41, 5.74) is 0.0173. The number of benzene rings is 2. The second-order valence-corrected chi connectivity index (χ2v) is 5.69. The summed E-state index contributed by atoms with van der Waals surface area (Å²) in [6, 6.07) is 9.63. The number of carbonyl (C=O) groups is 1. The number of hydrogen-bond acceptors (Lipinski definition) is 2. The van der Waals surface area contributed by atoms with Gasteiger partial charge < -0.3 is 0 Å². The molecule has 0 amide bonds. The lowest BCUT2D eigenvalue weighted by Crippen LogP contribution is -2.04. The van der Waals surface area contributed by atoms with E-state index in [1.165, 1.54) is 24.3 Å². The molecule has 0 spiro atoms. The van der Waals surface area contributed by atoms with E-state index in [1.54, 1.807) is 12.1 Å². The van der Waals surface area contributed by atoms with Gasteiger partial charge in [-0.15, -0.1) is 11.3 Å². The van der Waals surface area contributed by atoms with Gasteiger partial charge in [0.2, 0.25) is 0 Å². The minimum absolute atomic E-state index is 0.0173. The van der Waals surface area contributed by atoms with Gasteiger partial charge >= 0.3 is 0 Å². The van der Waals surface area contributed by atoms with Gasteiger partial charge in [-0.1, -0.05) is 18.2 Å². The van der Waals surface area contributed by atoms with Crippen molar-refractivity contribution in [1.29, 1.82) is 0 Å². The maximum Gasteiger partial charge on any atom is 0.177 e. The van der Waals surface area contributed by atoms with Crippen LogP contribution in [0.5, 0.6) is 0 Å². The Morgan fingerprint density at radius 3 is 2.67 bits per heavy atom. The zero-order chi connectivity index (χ0) is 15.0. The highest BCUT2D eigenvalue weighted by molar-refractivity contribution is 7.20. The SMILES string of the molecule is O=C(Cc1cccc(F)c1F)c1cc2ccc(F)cc2s1. The van der Waals surface area contributed by atoms with Crippen molar-refractivity contribution in [3.8, 4) is 0 Å². The van der Waals surface area contributed by atoms with Gasteiger partial charge in [-0.3, -0.25) is 4.79 Å². The quantitative estimate of drug-likeness (QED) is 0.639. The molecule has 1 aromatic heterocycles. The highest BCUT2D eigenvalue weighted by Gasteiger charge is 2.15. The fourth-order valence-electron chi connectivity index (χ4n) is 2.09. The standard InChI is InChI=1S/C16H9F3OS/c17-11-5-4-9-7-15(21-14(9)8-11)13(20)6-10-2-1-3-12(18)16(10)19/h1-5,7-8H,6H2. The summed E-state index contributed by atoms with van der Waals surface area (Å²) in [5, 5.41) is 0.754. The van der Waals surface area contributed by atoms with Crippen LogP contribution in [-0.4, -0.2) is 5.78 Å². The van der Waals surface area contributed by atoms with Crippen LogP contribution in [0.25, 0.3) is 10.1 Å². The molecule has 0 aliphatic rings. The molecule has 106 valence electrons. The lowest BCUT2D eigenvalue weighted by molar-refractivity contribution is 0.0995. The highest BCUT2D eigenvalue weighted by atomic mass is 32.1. The van der Waals surface area contributed by atoms with E-state index in [-0.39, 0.29) is 23.6 Å². The van der Waals surface area contributed by atoms with Gasteiger partial charge in [0, 0.05) is 11.1 Å². The van der Waals surface area contributed by atoms with Gasteiger partial charge in [0.1, 0.15) is 5.82 Å². The zero-order valence-corrected chi connectivity index (χ0v) is 11.5. The van der Waals surface area contributed by atoms with E-state index in [9.17, 15) is 18.0 Å². The van der Waals surface area contributed by atoms with Crippen LogP contribution in [-0.2, 0) is 6.42 Å². The first-order valence-electron chi connectivity index (χ1n) is 6.20. The van der Waals surface area contributed by atoms with Gasteiger partial charge in [-0.25, -0.2) is 13.2 Å². The summed E-state index contributed by atoms with van der Waals surface area (Å²) in [4.78, 5) is 12.6. The van der Waals surface area contributed by atoms with E-state index >= 15 is 0 Å². The van der Waals surface area contributed by atoms with Crippen LogP contribution in [0.2, 0.25) is 0 Å². The van der Waals surface area contributed by atoms with E-state index in [0.29, 0.717) is 9.58 Å². The molecule has 0 aliphatic carbocycles. The molecule has 0 N–H and O–H groups in total. The number of Topliss-reactive ketones (excluding diaryl/α,β-unsaturated/α-hetero) is 1. The molecule has 0 radical (unpaired) electrons. The van der Waals surface area contributed by atoms with Crippen LogP contribution in [0.3, 0.4) is 0 Å². The molecule has 2 aromatic carbocycles. The fraction of sp³-hybridized carbons (Fsp3) is 0.0625. The lowest BCUT2D eigenvalue weighted by atomic mass is 10.1. The number of carbonyl (C=O) groups excluding carboxylic acids is 1. The third-order valence-corrected chi connectivity index (χ3v) is 4.28. The van der Waals surface area contributed by atoms with E-state index in [1.807, 2.05) is 0 Å². The summed E-state index contributed by atoms with van der Waals surface area (Å²) in [7, 11) is 0. The zero-order valence-electron chi connectivity index (χ0n) is 10.7. The Kier molecular flexibility index (Phi) is 3.51. The Labute approximate surface area is 122 Å². The van der Waals surface area contributed by atoms with Gasteiger partial charge in [0.25, 0.3) is 0 Å². The monoisotopic (exact) mass is 306 g/mol. The fourth-order valence-corrected chi connectivity index (χ4v) is 3.11. The summed E-state index contributed by atoms with van der Waals surface area (Å²) < 4.78 is 40.5. The molecule has 0 unspecified atom stereocenters. The van der Waals surface area contributed by atoms with E-state index in [0.717, 1.165) is 22.8 Å². The average molecular weight is 306 g/mol. The van der Waals surface area contributed by atoms with E-state index in [4.69, 9.17) is 0 Å². The maximum absolute atomic E-state index is 13.6. The second kappa shape index (κ2) is 5.33. The summed E-state index contributed by atoms with van der Waals surface area (Å²) in [5.74, 6) is -2.67. The Morgan fingerprint density at radius 1 is 1.05 bits per heavy atom. The normalized spacial score (nSPS) is 11.0. The Balaban J connectivity index is 1.91. The van der Waals surface area contributed by atoms with Gasteiger partial charge in [0.15, 0.2) is 17.4 Å². The molecular formula is C16H9F3OS. The first kappa shape index (κ1) is 13.8. The van der Waals surface area contributed by atoms with Crippen molar-refractivity contribution in [2.45, 2.75) is 6.42 Å². The Hall–Kier alpha value is -2.14. The molecule has 0 saturated carbocycles. The van der Waals surface area contributed by atoms with Crippen LogP contribution in [0, 0.1) is 17.5 Å². The van der Waals surface area contributed by atoms with Gasteiger partial charge in [-0.05, 0) is 35.2 Å². The van der Waals surface area contributed by atoms with Crippen molar-refractivity contribution >= 4 is 27.2 Å². The first-order valence-corrected chi connectivity index (χ1v) is 7.01. The van der Waals surface area contributed by atoms with Crippen LogP contribution >= 0.6 is 11.3 Å². The van der Waals surface area contributed by atoms with Crippen molar-refractivity contribution < 1.29 is 18.0 Å². The summed E-state index contributed by atoms with van der Waals surface area (Å²) >= 11 is 1.14. The molecule has 1 nitrogen and oxygen atoms in total. The van der Waals surface area contributed by atoms with Crippen molar-refractivity contribution in [3.05, 3.63) is 70.4 Å². The molecule has 3 rings (SSSR count). The molecule has 3 aromatic rings. The highest BCUT2D eigenvalue weighted by Crippen LogP contribution is 2.27. The maximum atomic E-state index is 13.6. The molecule has 0 saturated heterocycles. The molecule has 0 atom stereocenters. The number of fused-ring (bicyclic) bond motifs is 1. The molecule has 0 aliphatic heterocycles.